The van der Waals surface area contributed by atoms with E-state index < -0.39 is 0 Å². The summed E-state index contributed by atoms with van der Waals surface area (Å²) in [6, 6.07) is 8.67. The molecule has 1 heterocycles. The fraction of sp³-hybridized carbons (Fsp3) is 0.600. The molecule has 2 atom stereocenters. The highest BCUT2D eigenvalue weighted by molar-refractivity contribution is 7.99. The van der Waals surface area contributed by atoms with Crippen LogP contribution in [0.25, 0.3) is 0 Å². The van der Waals surface area contributed by atoms with E-state index in [9.17, 15) is 0 Å². The number of hydrogen-bond acceptors (Lipinski definition) is 3. The van der Waals surface area contributed by atoms with Crippen LogP contribution in [0, 0.1) is 5.92 Å². The van der Waals surface area contributed by atoms with Crippen LogP contribution >= 0.6 is 11.8 Å². The molecule has 0 aromatic heterocycles. The zero-order valence-electron chi connectivity index (χ0n) is 11.3. The van der Waals surface area contributed by atoms with Gasteiger partial charge >= 0.3 is 0 Å². The molecule has 1 aliphatic heterocycles. The number of ether oxygens (including phenoxy) is 1. The van der Waals surface area contributed by atoms with Crippen LogP contribution in [0.4, 0.5) is 0 Å². The molecule has 1 saturated heterocycles. The first-order chi connectivity index (χ1) is 8.66. The number of rotatable bonds is 4. The predicted molar refractivity (Wildman–Crippen MR) is 79.0 cm³/mol. The van der Waals surface area contributed by atoms with Crippen LogP contribution in [0.15, 0.2) is 24.3 Å². The van der Waals surface area contributed by atoms with Gasteiger partial charge in [-0.2, -0.15) is 11.8 Å². The first-order valence-corrected chi connectivity index (χ1v) is 7.86. The summed E-state index contributed by atoms with van der Waals surface area (Å²) in [6.07, 6.45) is 1.28. The summed E-state index contributed by atoms with van der Waals surface area (Å²) in [7, 11) is 0. The lowest BCUT2D eigenvalue weighted by molar-refractivity contribution is 0.0569. The van der Waals surface area contributed by atoms with Gasteiger partial charge in [-0.1, -0.05) is 38.1 Å². The van der Waals surface area contributed by atoms with Gasteiger partial charge in [0.2, 0.25) is 0 Å². The van der Waals surface area contributed by atoms with Crippen molar-refractivity contribution in [2.75, 3.05) is 18.1 Å². The zero-order valence-corrected chi connectivity index (χ0v) is 12.1. The van der Waals surface area contributed by atoms with Crippen LogP contribution < -0.4 is 5.73 Å². The third-order valence-electron chi connectivity index (χ3n) is 3.22. The highest BCUT2D eigenvalue weighted by Gasteiger charge is 2.23. The SMILES string of the molecule is CC(C)Cc1cccc(C(N)C2CSCCO2)c1. The third-order valence-corrected chi connectivity index (χ3v) is 4.24. The van der Waals surface area contributed by atoms with Gasteiger partial charge in [0.05, 0.1) is 18.8 Å². The maximum atomic E-state index is 6.33. The summed E-state index contributed by atoms with van der Waals surface area (Å²) < 4.78 is 5.77. The van der Waals surface area contributed by atoms with Gasteiger partial charge in [0, 0.05) is 11.5 Å². The number of hydrogen-bond donors (Lipinski definition) is 1. The van der Waals surface area contributed by atoms with Gasteiger partial charge in [0.25, 0.3) is 0 Å². The number of thioether (sulfide) groups is 1. The fourth-order valence-electron chi connectivity index (χ4n) is 2.33. The van der Waals surface area contributed by atoms with Gasteiger partial charge in [-0.05, 0) is 23.5 Å². The third kappa shape index (κ3) is 3.74. The second kappa shape index (κ2) is 6.60. The molecule has 1 fully saturated rings. The largest absolute Gasteiger partial charge is 0.375 e. The Bertz CT molecular complexity index is 375. The summed E-state index contributed by atoms with van der Waals surface area (Å²) in [6.45, 7) is 5.32. The summed E-state index contributed by atoms with van der Waals surface area (Å²) in [5.41, 5.74) is 8.92. The Morgan fingerprint density at radius 1 is 1.44 bits per heavy atom. The smallest absolute Gasteiger partial charge is 0.0858 e. The summed E-state index contributed by atoms with van der Waals surface area (Å²) >= 11 is 1.94. The monoisotopic (exact) mass is 265 g/mol. The fourth-order valence-corrected chi connectivity index (χ4v) is 3.24. The molecule has 0 saturated carbocycles. The average Bonchev–Trinajstić information content (AvgIpc) is 2.38. The van der Waals surface area contributed by atoms with E-state index in [2.05, 4.69) is 38.1 Å². The van der Waals surface area contributed by atoms with Crippen molar-refractivity contribution in [1.82, 2.24) is 0 Å². The molecule has 2 rings (SSSR count). The molecule has 0 radical (unpaired) electrons. The van der Waals surface area contributed by atoms with Gasteiger partial charge < -0.3 is 10.5 Å². The highest BCUT2D eigenvalue weighted by Crippen LogP contribution is 2.24. The molecular formula is C15H23NOS. The standard InChI is InChI=1S/C15H23NOS/c1-11(2)8-12-4-3-5-13(9-12)15(16)14-10-18-7-6-17-14/h3-5,9,11,14-15H,6-8,10,16H2,1-2H3. The Morgan fingerprint density at radius 3 is 2.94 bits per heavy atom. The second-order valence-corrected chi connectivity index (χ2v) is 6.50. The van der Waals surface area contributed by atoms with Crippen LogP contribution in [0.2, 0.25) is 0 Å². The van der Waals surface area contributed by atoms with Crippen molar-refractivity contribution >= 4 is 11.8 Å². The van der Waals surface area contributed by atoms with Crippen molar-refractivity contribution in [3.05, 3.63) is 35.4 Å². The lowest BCUT2D eigenvalue weighted by atomic mass is 9.96. The molecule has 1 aliphatic rings. The first-order valence-electron chi connectivity index (χ1n) is 6.70. The van der Waals surface area contributed by atoms with Crippen molar-refractivity contribution in [3.8, 4) is 0 Å². The van der Waals surface area contributed by atoms with Crippen molar-refractivity contribution < 1.29 is 4.74 Å². The molecule has 1 aromatic rings. The Morgan fingerprint density at radius 2 is 2.28 bits per heavy atom. The van der Waals surface area contributed by atoms with Gasteiger partial charge in [-0.3, -0.25) is 0 Å². The molecule has 18 heavy (non-hydrogen) atoms. The summed E-state index contributed by atoms with van der Waals surface area (Å²) in [4.78, 5) is 0. The highest BCUT2D eigenvalue weighted by atomic mass is 32.2. The minimum absolute atomic E-state index is 0.00455. The van der Waals surface area contributed by atoms with E-state index in [0.29, 0.717) is 5.92 Å². The molecule has 100 valence electrons. The van der Waals surface area contributed by atoms with E-state index in [-0.39, 0.29) is 12.1 Å². The summed E-state index contributed by atoms with van der Waals surface area (Å²) in [5, 5.41) is 0. The minimum atomic E-state index is 0.00455. The molecule has 0 spiro atoms. The Labute approximate surface area is 114 Å². The molecule has 2 N–H and O–H groups in total. The Balaban J connectivity index is 2.06. The topological polar surface area (TPSA) is 35.2 Å². The van der Waals surface area contributed by atoms with Crippen LogP contribution in [0.3, 0.4) is 0 Å². The Hall–Kier alpha value is -0.510. The molecule has 2 unspecified atom stereocenters. The number of benzene rings is 1. The molecule has 0 bridgehead atoms. The number of nitrogens with two attached hydrogens (primary N) is 1. The van der Waals surface area contributed by atoms with E-state index in [0.717, 1.165) is 24.5 Å². The average molecular weight is 265 g/mol. The van der Waals surface area contributed by atoms with Crippen LogP contribution in [-0.2, 0) is 11.2 Å². The lowest BCUT2D eigenvalue weighted by Gasteiger charge is -2.28. The minimum Gasteiger partial charge on any atom is -0.375 e. The molecule has 0 amide bonds. The van der Waals surface area contributed by atoms with Crippen LogP contribution in [0.1, 0.15) is 31.0 Å². The van der Waals surface area contributed by atoms with E-state index >= 15 is 0 Å². The van der Waals surface area contributed by atoms with Crippen molar-refractivity contribution in [1.29, 1.82) is 0 Å². The predicted octanol–water partition coefficient (Wildman–Crippen LogP) is 3.02. The van der Waals surface area contributed by atoms with Crippen molar-refractivity contribution in [2.45, 2.75) is 32.4 Å². The maximum absolute atomic E-state index is 6.33. The van der Waals surface area contributed by atoms with Crippen molar-refractivity contribution in [2.24, 2.45) is 11.7 Å². The molecule has 1 aromatic carbocycles. The van der Waals surface area contributed by atoms with Gasteiger partial charge in [-0.15, -0.1) is 0 Å². The Kier molecular flexibility index (Phi) is 5.10. The quantitative estimate of drug-likeness (QED) is 0.909. The second-order valence-electron chi connectivity index (χ2n) is 5.35. The zero-order chi connectivity index (χ0) is 13.0. The van der Waals surface area contributed by atoms with E-state index in [1.165, 1.54) is 11.1 Å². The van der Waals surface area contributed by atoms with E-state index in [4.69, 9.17) is 10.5 Å². The molecule has 0 aliphatic carbocycles. The van der Waals surface area contributed by atoms with Crippen LogP contribution in [0.5, 0.6) is 0 Å². The van der Waals surface area contributed by atoms with Crippen molar-refractivity contribution in [3.63, 3.8) is 0 Å². The van der Waals surface area contributed by atoms with E-state index in [1.807, 2.05) is 11.8 Å². The first kappa shape index (κ1) is 13.9. The molecular weight excluding hydrogens is 242 g/mol. The van der Waals surface area contributed by atoms with Gasteiger partial charge in [0.1, 0.15) is 0 Å². The molecule has 2 nitrogen and oxygen atoms in total. The normalized spacial score (nSPS) is 22.1. The molecule has 3 heteroatoms. The summed E-state index contributed by atoms with van der Waals surface area (Å²) in [5.74, 6) is 2.78. The van der Waals surface area contributed by atoms with Gasteiger partial charge in [-0.25, -0.2) is 0 Å². The van der Waals surface area contributed by atoms with Gasteiger partial charge in [0.15, 0.2) is 0 Å². The maximum Gasteiger partial charge on any atom is 0.0858 e. The lowest BCUT2D eigenvalue weighted by Crippen LogP contribution is -2.34. The van der Waals surface area contributed by atoms with E-state index in [1.54, 1.807) is 0 Å². The van der Waals surface area contributed by atoms with Crippen LogP contribution in [-0.4, -0.2) is 24.2 Å².